The molecule has 4 aromatic carbocycles. The minimum Gasteiger partial charge on any atom is -0.506 e. The number of fused-ring (bicyclic) bond motifs is 2. The highest BCUT2D eigenvalue weighted by Gasteiger charge is 2.21. The Bertz CT molecular complexity index is 1110. The summed E-state index contributed by atoms with van der Waals surface area (Å²) in [4.78, 5) is 0. The molecule has 0 heterocycles. The van der Waals surface area contributed by atoms with Gasteiger partial charge in [0.25, 0.3) is 0 Å². The van der Waals surface area contributed by atoms with Crippen molar-refractivity contribution in [3.8, 4) is 22.6 Å². The van der Waals surface area contributed by atoms with Crippen molar-refractivity contribution in [1.29, 1.82) is 0 Å². The van der Waals surface area contributed by atoms with E-state index >= 15 is 0 Å². The molecule has 0 radical (unpaired) electrons. The van der Waals surface area contributed by atoms with Crippen LogP contribution >= 0.6 is 77.0 Å². The molecule has 0 fully saturated rings. The Hall–Kier alpha value is -0.580. The normalized spacial score (nSPS) is 11.4. The molecule has 0 aliphatic rings. The Kier molecular flexibility index (Phi) is 5.13. The minimum absolute atomic E-state index is 0.182. The van der Waals surface area contributed by atoms with E-state index in [1.807, 2.05) is 48.5 Å². The molecule has 0 unspecified atom stereocenters. The van der Waals surface area contributed by atoms with Gasteiger partial charge in [0, 0.05) is 20.1 Å². The molecule has 26 heavy (non-hydrogen) atoms. The van der Waals surface area contributed by atoms with E-state index in [-0.39, 0.29) is 11.5 Å². The van der Waals surface area contributed by atoms with Gasteiger partial charge in [-0.05, 0) is 103 Å². The van der Waals surface area contributed by atoms with Crippen LogP contribution in [0.2, 0.25) is 0 Å². The minimum atomic E-state index is 0.182. The first-order valence-corrected chi connectivity index (χ1v) is 11.3. The van der Waals surface area contributed by atoms with Gasteiger partial charge in [0.15, 0.2) is 0 Å². The van der Waals surface area contributed by atoms with Crippen molar-refractivity contribution in [1.82, 2.24) is 0 Å². The molecule has 0 aliphatic carbocycles. The Morgan fingerprint density at radius 2 is 1.00 bits per heavy atom. The first kappa shape index (κ1) is 18.8. The fourth-order valence-corrected chi connectivity index (χ4v) is 5.14. The molecule has 4 aromatic rings. The van der Waals surface area contributed by atoms with Crippen molar-refractivity contribution >= 4 is 98.6 Å². The second kappa shape index (κ2) is 7.10. The molecule has 0 aromatic heterocycles. The molecule has 2 nitrogen and oxygen atoms in total. The summed E-state index contributed by atoms with van der Waals surface area (Å²) in [5.41, 5.74) is 1.31. The molecule has 0 atom stereocenters. The molecule has 0 saturated carbocycles. The maximum absolute atomic E-state index is 10.9. The van der Waals surface area contributed by atoms with Gasteiger partial charge in [0.2, 0.25) is 0 Å². The Labute approximate surface area is 194 Å². The van der Waals surface area contributed by atoms with Crippen LogP contribution in [0.25, 0.3) is 32.7 Å². The highest BCUT2D eigenvalue weighted by Crippen LogP contribution is 2.48. The van der Waals surface area contributed by atoms with Gasteiger partial charge in [-0.3, -0.25) is 0 Å². The SMILES string of the molecule is Oc1c(I)cc2cc(Br)ccc2c1-c1c(O)c(I)cc2cc(Br)ccc12. The summed E-state index contributed by atoms with van der Waals surface area (Å²) < 4.78 is 3.43. The third-order valence-electron chi connectivity index (χ3n) is 4.31. The standard InChI is InChI=1S/C20H10Br2I2O2/c21-11-1-3-13-9(5-11)7-15(23)19(25)17(13)18-14-4-2-12(22)6-10(14)8-16(24)20(18)26/h1-8,25-26H. The summed E-state index contributed by atoms with van der Waals surface area (Å²) in [7, 11) is 0. The van der Waals surface area contributed by atoms with E-state index in [4.69, 9.17) is 0 Å². The van der Waals surface area contributed by atoms with Gasteiger partial charge in [-0.1, -0.05) is 44.0 Å². The number of aromatic hydroxyl groups is 2. The summed E-state index contributed by atoms with van der Waals surface area (Å²) >= 11 is 11.3. The Balaban J connectivity index is 2.24. The van der Waals surface area contributed by atoms with Crippen LogP contribution < -0.4 is 0 Å². The lowest BCUT2D eigenvalue weighted by molar-refractivity contribution is 0.466. The lowest BCUT2D eigenvalue weighted by Gasteiger charge is -2.16. The number of rotatable bonds is 1. The van der Waals surface area contributed by atoms with E-state index in [0.29, 0.717) is 11.1 Å². The van der Waals surface area contributed by atoms with Gasteiger partial charge in [-0.15, -0.1) is 0 Å². The largest absolute Gasteiger partial charge is 0.506 e. The third-order valence-corrected chi connectivity index (χ3v) is 6.94. The highest BCUT2D eigenvalue weighted by atomic mass is 127. The third kappa shape index (κ3) is 3.12. The monoisotopic (exact) mass is 694 g/mol. The van der Waals surface area contributed by atoms with Gasteiger partial charge in [0.1, 0.15) is 11.5 Å². The van der Waals surface area contributed by atoms with Crippen molar-refractivity contribution in [2.24, 2.45) is 0 Å². The van der Waals surface area contributed by atoms with Gasteiger partial charge >= 0.3 is 0 Å². The maximum atomic E-state index is 10.9. The van der Waals surface area contributed by atoms with E-state index in [2.05, 4.69) is 77.0 Å². The van der Waals surface area contributed by atoms with E-state index in [1.54, 1.807) is 0 Å². The molecule has 0 spiro atoms. The topological polar surface area (TPSA) is 40.5 Å². The second-order valence-electron chi connectivity index (χ2n) is 5.89. The first-order chi connectivity index (χ1) is 12.4. The number of phenols is 2. The van der Waals surface area contributed by atoms with Crippen LogP contribution in [-0.4, -0.2) is 10.2 Å². The van der Waals surface area contributed by atoms with Gasteiger partial charge < -0.3 is 10.2 Å². The van der Waals surface area contributed by atoms with Crippen LogP contribution in [0, 0.1) is 7.14 Å². The van der Waals surface area contributed by atoms with Crippen molar-refractivity contribution in [3.05, 3.63) is 64.6 Å². The number of hydrogen-bond donors (Lipinski definition) is 2. The zero-order chi connectivity index (χ0) is 18.6. The number of hydrogen-bond acceptors (Lipinski definition) is 2. The van der Waals surface area contributed by atoms with Gasteiger partial charge in [0.05, 0.1) is 7.14 Å². The van der Waals surface area contributed by atoms with Crippen LogP contribution in [0.15, 0.2) is 57.5 Å². The van der Waals surface area contributed by atoms with Crippen LogP contribution in [0.4, 0.5) is 0 Å². The lowest BCUT2D eigenvalue weighted by Crippen LogP contribution is -1.91. The fraction of sp³-hybridized carbons (Fsp3) is 0. The second-order valence-corrected chi connectivity index (χ2v) is 10.1. The Morgan fingerprint density at radius 3 is 1.38 bits per heavy atom. The molecule has 0 amide bonds. The van der Waals surface area contributed by atoms with Crippen LogP contribution in [0.3, 0.4) is 0 Å². The predicted octanol–water partition coefficient (Wildman–Crippen LogP) is 7.81. The molecule has 0 saturated heterocycles. The summed E-state index contributed by atoms with van der Waals surface area (Å²) in [6.07, 6.45) is 0. The average Bonchev–Trinajstić information content (AvgIpc) is 2.58. The summed E-state index contributed by atoms with van der Waals surface area (Å²) in [5, 5.41) is 25.6. The summed E-state index contributed by atoms with van der Waals surface area (Å²) in [5.74, 6) is 0.365. The van der Waals surface area contributed by atoms with Crippen molar-refractivity contribution < 1.29 is 10.2 Å². The van der Waals surface area contributed by atoms with E-state index < -0.39 is 0 Å². The quantitative estimate of drug-likeness (QED) is 0.200. The zero-order valence-electron chi connectivity index (χ0n) is 13.0. The number of halogens is 4. The predicted molar refractivity (Wildman–Crippen MR) is 131 cm³/mol. The van der Waals surface area contributed by atoms with E-state index in [9.17, 15) is 10.2 Å². The van der Waals surface area contributed by atoms with Gasteiger partial charge in [-0.25, -0.2) is 0 Å². The van der Waals surface area contributed by atoms with Crippen LogP contribution in [-0.2, 0) is 0 Å². The summed E-state index contributed by atoms with van der Waals surface area (Å²) in [6, 6.07) is 15.8. The highest BCUT2D eigenvalue weighted by molar-refractivity contribution is 14.1. The molecule has 0 bridgehead atoms. The maximum Gasteiger partial charge on any atom is 0.137 e. The van der Waals surface area contributed by atoms with E-state index in [0.717, 1.165) is 37.6 Å². The molecular formula is C20H10Br2I2O2. The zero-order valence-corrected chi connectivity index (χ0v) is 20.5. The number of benzene rings is 4. The van der Waals surface area contributed by atoms with Crippen molar-refractivity contribution in [3.63, 3.8) is 0 Å². The van der Waals surface area contributed by atoms with Crippen molar-refractivity contribution in [2.45, 2.75) is 0 Å². The summed E-state index contributed by atoms with van der Waals surface area (Å²) in [6.45, 7) is 0. The smallest absolute Gasteiger partial charge is 0.137 e. The molecule has 2 N–H and O–H groups in total. The first-order valence-electron chi connectivity index (χ1n) is 7.58. The lowest BCUT2D eigenvalue weighted by atomic mass is 9.92. The van der Waals surface area contributed by atoms with Crippen molar-refractivity contribution in [2.75, 3.05) is 0 Å². The molecule has 130 valence electrons. The molecule has 4 rings (SSSR count). The van der Waals surface area contributed by atoms with Gasteiger partial charge in [-0.2, -0.15) is 0 Å². The van der Waals surface area contributed by atoms with Crippen LogP contribution in [0.5, 0.6) is 11.5 Å². The fourth-order valence-electron chi connectivity index (χ4n) is 3.17. The average molecular weight is 696 g/mol. The molecular weight excluding hydrogens is 686 g/mol. The van der Waals surface area contributed by atoms with Crippen LogP contribution in [0.1, 0.15) is 0 Å². The Morgan fingerprint density at radius 1 is 0.615 bits per heavy atom. The number of phenolic OH excluding ortho intramolecular Hbond substituents is 2. The van der Waals surface area contributed by atoms with E-state index in [1.165, 1.54) is 0 Å². The molecule has 0 aliphatic heterocycles. The molecule has 6 heteroatoms.